The summed E-state index contributed by atoms with van der Waals surface area (Å²) in [6.45, 7) is 4.52. The monoisotopic (exact) mass is 242 g/mol. The van der Waals surface area contributed by atoms with Crippen LogP contribution in [-0.2, 0) is 0 Å². The average Bonchev–Trinajstić information content (AvgIpc) is 2.25. The third kappa shape index (κ3) is 2.95. The summed E-state index contributed by atoms with van der Waals surface area (Å²) in [4.78, 5) is 0. The highest BCUT2D eigenvalue weighted by molar-refractivity contribution is 8.00. The van der Waals surface area contributed by atoms with E-state index in [1.54, 1.807) is 0 Å². The number of thioether (sulfide) groups is 1. The third-order valence-corrected chi connectivity index (χ3v) is 6.05. The minimum atomic E-state index is -0.322. The van der Waals surface area contributed by atoms with Gasteiger partial charge in [-0.15, -0.1) is 0 Å². The lowest BCUT2D eigenvalue weighted by molar-refractivity contribution is -0.0107. The van der Waals surface area contributed by atoms with Gasteiger partial charge in [0.05, 0.1) is 5.60 Å². The maximum atomic E-state index is 10.8. The molecule has 2 bridgehead atoms. The van der Waals surface area contributed by atoms with Gasteiger partial charge in [-0.1, -0.05) is 33.1 Å². The van der Waals surface area contributed by atoms with Crippen molar-refractivity contribution < 1.29 is 5.11 Å². The maximum Gasteiger partial charge on any atom is 0.0671 e. The fourth-order valence-electron chi connectivity index (χ4n) is 3.49. The Kier molecular flexibility index (Phi) is 4.23. The fraction of sp³-hybridized carbons (Fsp3) is 1.00. The van der Waals surface area contributed by atoms with E-state index in [0.29, 0.717) is 0 Å². The molecular formula is C14H26OS. The topological polar surface area (TPSA) is 20.2 Å². The molecule has 0 aromatic carbocycles. The van der Waals surface area contributed by atoms with Gasteiger partial charge in [0.25, 0.3) is 0 Å². The number of fused-ring (bicyclic) bond motifs is 2. The zero-order valence-electron chi connectivity index (χ0n) is 10.7. The number of hydrogen-bond acceptors (Lipinski definition) is 2. The van der Waals surface area contributed by atoms with Crippen LogP contribution in [0.15, 0.2) is 0 Å². The fourth-order valence-corrected chi connectivity index (χ4v) is 5.46. The Bertz CT molecular complexity index is 213. The van der Waals surface area contributed by atoms with E-state index in [4.69, 9.17) is 0 Å². The molecule has 2 unspecified atom stereocenters. The second-order valence-electron chi connectivity index (χ2n) is 5.83. The van der Waals surface area contributed by atoms with Crippen molar-refractivity contribution in [2.75, 3.05) is 0 Å². The first-order chi connectivity index (χ1) is 7.65. The molecule has 2 heterocycles. The first-order valence-corrected chi connectivity index (χ1v) is 7.97. The molecule has 0 aromatic rings. The van der Waals surface area contributed by atoms with Crippen molar-refractivity contribution in [3.63, 3.8) is 0 Å². The second-order valence-corrected chi connectivity index (χ2v) is 7.44. The molecule has 0 aromatic heterocycles. The van der Waals surface area contributed by atoms with E-state index < -0.39 is 0 Å². The van der Waals surface area contributed by atoms with E-state index in [1.807, 2.05) is 0 Å². The van der Waals surface area contributed by atoms with E-state index in [0.717, 1.165) is 35.7 Å². The lowest BCUT2D eigenvalue weighted by Crippen LogP contribution is -2.43. The summed E-state index contributed by atoms with van der Waals surface area (Å²) in [5, 5.41) is 12.3. The van der Waals surface area contributed by atoms with Crippen LogP contribution in [0, 0.1) is 5.92 Å². The van der Waals surface area contributed by atoms with Crippen molar-refractivity contribution in [2.24, 2.45) is 5.92 Å². The standard InChI is InChI=1S/C14H26OS/c1-3-11(4-2)8-14(15)9-12-6-5-7-13(10-14)16-12/h11-13,15H,3-10H2,1-2H3. The summed E-state index contributed by atoms with van der Waals surface area (Å²) < 4.78 is 0. The Morgan fingerprint density at radius 3 is 2.25 bits per heavy atom. The molecule has 2 aliphatic rings. The highest BCUT2D eigenvalue weighted by Gasteiger charge is 2.41. The third-order valence-electron chi connectivity index (χ3n) is 4.48. The minimum absolute atomic E-state index is 0.322. The molecule has 2 rings (SSSR count). The van der Waals surface area contributed by atoms with E-state index in [1.165, 1.54) is 32.1 Å². The molecule has 2 atom stereocenters. The Morgan fingerprint density at radius 1 is 1.19 bits per heavy atom. The largest absolute Gasteiger partial charge is 0.390 e. The summed E-state index contributed by atoms with van der Waals surface area (Å²) in [7, 11) is 0. The quantitative estimate of drug-likeness (QED) is 0.804. The lowest BCUT2D eigenvalue weighted by atomic mass is 9.78. The van der Waals surface area contributed by atoms with Crippen LogP contribution in [0.4, 0.5) is 0 Å². The highest BCUT2D eigenvalue weighted by atomic mass is 32.2. The molecule has 0 saturated carbocycles. The van der Waals surface area contributed by atoms with Crippen molar-refractivity contribution in [3.05, 3.63) is 0 Å². The van der Waals surface area contributed by atoms with E-state index in [9.17, 15) is 5.11 Å². The molecule has 0 spiro atoms. The normalized spacial score (nSPS) is 39.0. The van der Waals surface area contributed by atoms with Crippen molar-refractivity contribution in [1.82, 2.24) is 0 Å². The summed E-state index contributed by atoms with van der Waals surface area (Å²) in [5.74, 6) is 0.730. The van der Waals surface area contributed by atoms with Crippen LogP contribution in [0.1, 0.15) is 65.2 Å². The van der Waals surface area contributed by atoms with Gasteiger partial charge in [0.2, 0.25) is 0 Å². The van der Waals surface area contributed by atoms with Crippen LogP contribution in [0.5, 0.6) is 0 Å². The summed E-state index contributed by atoms with van der Waals surface area (Å²) in [6, 6.07) is 0. The molecule has 16 heavy (non-hydrogen) atoms. The van der Waals surface area contributed by atoms with E-state index in [-0.39, 0.29) is 5.60 Å². The van der Waals surface area contributed by atoms with Gasteiger partial charge in [0.1, 0.15) is 0 Å². The van der Waals surface area contributed by atoms with Gasteiger partial charge < -0.3 is 5.11 Å². The summed E-state index contributed by atoms with van der Waals surface area (Å²) in [6.07, 6.45) is 9.69. The molecule has 2 heteroatoms. The van der Waals surface area contributed by atoms with Crippen molar-refractivity contribution in [1.29, 1.82) is 0 Å². The molecule has 0 amide bonds. The van der Waals surface area contributed by atoms with Crippen molar-refractivity contribution >= 4 is 11.8 Å². The van der Waals surface area contributed by atoms with Gasteiger partial charge in [0, 0.05) is 10.5 Å². The van der Waals surface area contributed by atoms with Gasteiger partial charge in [-0.05, 0) is 38.0 Å². The number of aliphatic hydroxyl groups is 1. The number of hydrogen-bond donors (Lipinski definition) is 1. The zero-order valence-corrected chi connectivity index (χ0v) is 11.6. The Hall–Kier alpha value is 0.310. The van der Waals surface area contributed by atoms with Gasteiger partial charge in [-0.25, -0.2) is 0 Å². The first-order valence-electron chi connectivity index (χ1n) is 7.03. The molecule has 94 valence electrons. The molecule has 0 radical (unpaired) electrons. The van der Waals surface area contributed by atoms with Crippen LogP contribution >= 0.6 is 11.8 Å². The smallest absolute Gasteiger partial charge is 0.0671 e. The predicted molar refractivity (Wildman–Crippen MR) is 71.9 cm³/mol. The Labute approximate surface area is 104 Å². The van der Waals surface area contributed by atoms with Gasteiger partial charge in [-0.2, -0.15) is 11.8 Å². The SMILES string of the molecule is CCC(CC)CC1(O)CC2CCCC(C1)S2. The average molecular weight is 242 g/mol. The maximum absolute atomic E-state index is 10.8. The van der Waals surface area contributed by atoms with E-state index >= 15 is 0 Å². The molecule has 2 fully saturated rings. The molecule has 2 aliphatic heterocycles. The zero-order chi connectivity index (χ0) is 11.6. The highest BCUT2D eigenvalue weighted by Crippen LogP contribution is 2.47. The Morgan fingerprint density at radius 2 is 1.75 bits per heavy atom. The van der Waals surface area contributed by atoms with Crippen LogP contribution in [0.25, 0.3) is 0 Å². The molecular weight excluding hydrogens is 216 g/mol. The minimum Gasteiger partial charge on any atom is -0.390 e. The van der Waals surface area contributed by atoms with Crippen LogP contribution in [0.2, 0.25) is 0 Å². The van der Waals surface area contributed by atoms with Crippen LogP contribution < -0.4 is 0 Å². The lowest BCUT2D eigenvalue weighted by Gasteiger charge is -2.45. The molecule has 1 N–H and O–H groups in total. The first kappa shape index (κ1) is 12.8. The second kappa shape index (κ2) is 5.30. The van der Waals surface area contributed by atoms with Gasteiger partial charge >= 0.3 is 0 Å². The predicted octanol–water partition coefficient (Wildman–Crippen LogP) is 3.99. The summed E-state index contributed by atoms with van der Waals surface area (Å²) in [5.41, 5.74) is -0.322. The molecule has 2 saturated heterocycles. The van der Waals surface area contributed by atoms with Crippen LogP contribution in [-0.4, -0.2) is 21.2 Å². The van der Waals surface area contributed by atoms with Crippen LogP contribution in [0.3, 0.4) is 0 Å². The molecule has 0 aliphatic carbocycles. The summed E-state index contributed by atoms with van der Waals surface area (Å²) >= 11 is 2.16. The Balaban J connectivity index is 1.96. The number of rotatable bonds is 4. The van der Waals surface area contributed by atoms with Crippen molar-refractivity contribution in [2.45, 2.75) is 81.3 Å². The molecule has 1 nitrogen and oxygen atoms in total. The van der Waals surface area contributed by atoms with Gasteiger partial charge in [-0.3, -0.25) is 0 Å². The van der Waals surface area contributed by atoms with Crippen molar-refractivity contribution in [3.8, 4) is 0 Å². The van der Waals surface area contributed by atoms with Gasteiger partial charge in [0.15, 0.2) is 0 Å². The van der Waals surface area contributed by atoms with E-state index in [2.05, 4.69) is 25.6 Å².